The molecule has 1 aliphatic carbocycles. The summed E-state index contributed by atoms with van der Waals surface area (Å²) in [5.74, 6) is 0.474. The van der Waals surface area contributed by atoms with Gasteiger partial charge in [-0.15, -0.1) is 0 Å². The van der Waals surface area contributed by atoms with Crippen LogP contribution in [0, 0.1) is 19.8 Å². The number of anilines is 1. The quantitative estimate of drug-likeness (QED) is 0.282. The summed E-state index contributed by atoms with van der Waals surface area (Å²) in [5, 5.41) is 1.08. The van der Waals surface area contributed by atoms with Crippen molar-refractivity contribution >= 4 is 28.7 Å². The number of halogens is 1. The van der Waals surface area contributed by atoms with E-state index in [2.05, 4.69) is 112 Å². The molecule has 0 heterocycles. The van der Waals surface area contributed by atoms with Crippen molar-refractivity contribution in [3.8, 4) is 0 Å². The first-order valence-corrected chi connectivity index (χ1v) is 12.7. The summed E-state index contributed by atoms with van der Waals surface area (Å²) < 4.78 is 2.25. The van der Waals surface area contributed by atoms with E-state index in [1.54, 1.807) is 0 Å². The van der Waals surface area contributed by atoms with Gasteiger partial charge in [0.2, 0.25) is 5.69 Å². The molecule has 3 heteroatoms. The van der Waals surface area contributed by atoms with E-state index in [0.29, 0.717) is 12.0 Å². The number of rotatable bonds is 8. The van der Waals surface area contributed by atoms with Gasteiger partial charge in [-0.05, 0) is 76.0 Å². The summed E-state index contributed by atoms with van der Waals surface area (Å²) in [6, 6.07) is 17.6. The summed E-state index contributed by atoms with van der Waals surface area (Å²) >= 11 is 6.95. The molecule has 33 heavy (non-hydrogen) atoms. The molecule has 2 unspecified atom stereocenters. The van der Waals surface area contributed by atoms with Gasteiger partial charge < -0.3 is 4.90 Å². The Morgan fingerprint density at radius 3 is 2.48 bits per heavy atom. The molecule has 0 aliphatic heterocycles. The second kappa shape index (κ2) is 11.7. The van der Waals surface area contributed by atoms with Crippen LogP contribution in [0.1, 0.15) is 57.1 Å². The second-order valence-electron chi connectivity index (χ2n) is 9.61. The highest BCUT2D eigenvalue weighted by Crippen LogP contribution is 2.37. The maximum Gasteiger partial charge on any atom is 0.208 e. The van der Waals surface area contributed by atoms with Gasteiger partial charge in [-0.1, -0.05) is 54.1 Å². The fraction of sp³-hybridized carbons (Fsp3) is 0.433. The van der Waals surface area contributed by atoms with Gasteiger partial charge >= 0.3 is 0 Å². The molecule has 0 saturated carbocycles. The lowest BCUT2D eigenvalue weighted by Crippen LogP contribution is -2.30. The van der Waals surface area contributed by atoms with Crippen LogP contribution >= 0.6 is 11.6 Å². The predicted octanol–water partition coefficient (Wildman–Crippen LogP) is 8.19. The van der Waals surface area contributed by atoms with Gasteiger partial charge in [0.1, 0.15) is 7.05 Å². The Bertz CT molecular complexity index is 1050. The Balaban J connectivity index is 1.67. The zero-order valence-electron chi connectivity index (χ0n) is 21.2. The maximum atomic E-state index is 6.95. The smallest absolute Gasteiger partial charge is 0.208 e. The van der Waals surface area contributed by atoms with Crippen molar-refractivity contribution in [3.63, 3.8) is 0 Å². The molecule has 0 spiro atoms. The number of aryl methyl sites for hydroxylation is 2. The third kappa shape index (κ3) is 6.38. The zero-order chi connectivity index (χ0) is 24.0. The molecule has 1 aliphatic rings. The van der Waals surface area contributed by atoms with Crippen molar-refractivity contribution in [1.29, 1.82) is 0 Å². The zero-order valence-corrected chi connectivity index (χ0v) is 22.0. The Morgan fingerprint density at radius 2 is 1.79 bits per heavy atom. The molecule has 0 fully saturated rings. The van der Waals surface area contributed by atoms with E-state index in [-0.39, 0.29) is 0 Å². The van der Waals surface area contributed by atoms with E-state index in [1.807, 2.05) is 0 Å². The van der Waals surface area contributed by atoms with Gasteiger partial charge in [-0.25, -0.2) is 0 Å². The normalized spacial score (nSPS) is 18.5. The first-order valence-electron chi connectivity index (χ1n) is 12.3. The summed E-state index contributed by atoms with van der Waals surface area (Å²) in [6.45, 7) is 8.84. The summed E-state index contributed by atoms with van der Waals surface area (Å²) in [4.78, 5) is 2.41. The highest BCUT2D eigenvalue weighted by molar-refractivity contribution is 6.30. The van der Waals surface area contributed by atoms with Crippen LogP contribution in [0.25, 0.3) is 0 Å². The van der Waals surface area contributed by atoms with Crippen molar-refractivity contribution < 1.29 is 4.58 Å². The second-order valence-corrected chi connectivity index (χ2v) is 10.0. The molecule has 2 nitrogen and oxygen atoms in total. The highest BCUT2D eigenvalue weighted by Gasteiger charge is 2.22. The van der Waals surface area contributed by atoms with Crippen LogP contribution in [0.15, 0.2) is 71.3 Å². The minimum absolute atomic E-state index is 0.474. The highest BCUT2D eigenvalue weighted by atomic mass is 35.5. The van der Waals surface area contributed by atoms with Crippen molar-refractivity contribution in [3.05, 3.63) is 82.4 Å². The van der Waals surface area contributed by atoms with Crippen LogP contribution in [-0.4, -0.2) is 30.4 Å². The van der Waals surface area contributed by atoms with Crippen LogP contribution in [0.5, 0.6) is 0 Å². The number of allylic oxidation sites excluding steroid dienone is 4. The van der Waals surface area contributed by atoms with Gasteiger partial charge in [0, 0.05) is 48.4 Å². The molecule has 0 N–H and O–H groups in total. The molecule has 0 aromatic heterocycles. The molecule has 2 aromatic rings. The monoisotopic (exact) mass is 463 g/mol. The molecule has 2 aromatic carbocycles. The van der Waals surface area contributed by atoms with Gasteiger partial charge in [0.25, 0.3) is 0 Å². The molecule has 176 valence electrons. The number of hydrogen-bond acceptors (Lipinski definition) is 1. The van der Waals surface area contributed by atoms with Crippen molar-refractivity contribution in [2.75, 3.05) is 19.0 Å². The Hall–Kier alpha value is -2.32. The standard InChI is InChI=1S/C30H40ClN2/c1-22-12-7-9-16-28(22)32(5)24(3)18-20-26-14-11-15-27(30(26)31)21-19-25(4)33(6)29-17-10-8-13-23(29)2/h7-10,12-13,16-18,20,25,27H,11,14-15,19,21H2,1-6H3/q+1/b20-18+,32-24?. The lowest BCUT2D eigenvalue weighted by Gasteiger charge is -2.31. The minimum atomic E-state index is 0.474. The van der Waals surface area contributed by atoms with Gasteiger partial charge in [0.05, 0.1) is 0 Å². The molecule has 0 saturated heterocycles. The lowest BCUT2D eigenvalue weighted by molar-refractivity contribution is -0.405. The number of hydrogen-bond donors (Lipinski definition) is 0. The van der Waals surface area contributed by atoms with Gasteiger partial charge in [0.15, 0.2) is 5.71 Å². The molecule has 0 radical (unpaired) electrons. The molecular formula is C30H40ClN2+. The predicted molar refractivity (Wildman–Crippen MR) is 145 cm³/mol. The topological polar surface area (TPSA) is 6.25 Å². The number of para-hydroxylation sites is 2. The summed E-state index contributed by atoms with van der Waals surface area (Å²) in [6.07, 6.45) is 10.2. The van der Waals surface area contributed by atoms with Crippen molar-refractivity contribution in [2.45, 2.75) is 65.8 Å². The van der Waals surface area contributed by atoms with Crippen LogP contribution < -0.4 is 4.90 Å². The summed E-state index contributed by atoms with van der Waals surface area (Å²) in [7, 11) is 4.34. The van der Waals surface area contributed by atoms with Crippen LogP contribution in [0.4, 0.5) is 11.4 Å². The third-order valence-electron chi connectivity index (χ3n) is 7.28. The fourth-order valence-electron chi connectivity index (χ4n) is 4.78. The fourth-order valence-corrected chi connectivity index (χ4v) is 5.15. The molecular weight excluding hydrogens is 424 g/mol. The minimum Gasteiger partial charge on any atom is -0.372 e. The van der Waals surface area contributed by atoms with E-state index in [1.165, 1.54) is 46.6 Å². The largest absolute Gasteiger partial charge is 0.372 e. The third-order valence-corrected chi connectivity index (χ3v) is 7.84. The maximum absolute atomic E-state index is 6.95. The first-order chi connectivity index (χ1) is 15.8. The Morgan fingerprint density at radius 1 is 1.12 bits per heavy atom. The van der Waals surface area contributed by atoms with E-state index in [0.717, 1.165) is 24.3 Å². The average molecular weight is 464 g/mol. The van der Waals surface area contributed by atoms with E-state index >= 15 is 0 Å². The first kappa shape index (κ1) is 25.3. The molecule has 0 bridgehead atoms. The van der Waals surface area contributed by atoms with E-state index in [4.69, 9.17) is 11.6 Å². The van der Waals surface area contributed by atoms with Crippen LogP contribution in [0.2, 0.25) is 0 Å². The van der Waals surface area contributed by atoms with E-state index in [9.17, 15) is 0 Å². The van der Waals surface area contributed by atoms with Gasteiger partial charge in [-0.2, -0.15) is 4.58 Å². The van der Waals surface area contributed by atoms with Crippen molar-refractivity contribution in [1.82, 2.24) is 0 Å². The Kier molecular flexibility index (Phi) is 8.97. The van der Waals surface area contributed by atoms with Crippen molar-refractivity contribution in [2.24, 2.45) is 5.92 Å². The molecule has 0 amide bonds. The SMILES string of the molecule is CC(/C=C/C1=C(Cl)C(CCC(C)N(C)c2ccccc2C)CCC1)=[N+](C)c1ccccc1C. The van der Waals surface area contributed by atoms with Crippen LogP contribution in [-0.2, 0) is 0 Å². The lowest BCUT2D eigenvalue weighted by atomic mass is 9.86. The van der Waals surface area contributed by atoms with Gasteiger partial charge in [-0.3, -0.25) is 0 Å². The van der Waals surface area contributed by atoms with Crippen LogP contribution in [0.3, 0.4) is 0 Å². The molecule has 2 atom stereocenters. The molecule has 3 rings (SSSR count). The van der Waals surface area contributed by atoms with E-state index < -0.39 is 0 Å². The number of nitrogens with zero attached hydrogens (tertiary/aromatic N) is 2. The average Bonchev–Trinajstić information content (AvgIpc) is 2.82. The summed E-state index contributed by atoms with van der Waals surface area (Å²) in [5.41, 5.74) is 7.71. The number of benzene rings is 2. The Labute approximate surface area is 206 Å².